The SMILES string of the molecule is C1=[N+](c2cccc(Oc3ccc4c5ccccc5n(-c5ccccn5)c4c3)c2)c2ccc3nccnc3c2[N+]=1c1c(-c2ccccc2)cccc1-c1ccccc1. The van der Waals surface area contributed by atoms with Gasteiger partial charge in [0.25, 0.3) is 0 Å². The fourth-order valence-corrected chi connectivity index (χ4v) is 8.03. The van der Waals surface area contributed by atoms with E-state index in [1.54, 1.807) is 12.4 Å². The molecule has 0 saturated carbocycles. The Hall–Kier alpha value is -7.99. The third-order valence-electron chi connectivity index (χ3n) is 10.5. The molecular weight excluding hydrogens is 701 g/mol. The first-order chi connectivity index (χ1) is 28.3. The average molecular weight is 733 g/mol. The van der Waals surface area contributed by atoms with E-state index in [1.165, 1.54) is 0 Å². The van der Waals surface area contributed by atoms with Gasteiger partial charge in [-0.3, -0.25) is 9.55 Å². The van der Waals surface area contributed by atoms with Crippen LogP contribution in [-0.4, -0.2) is 25.5 Å². The van der Waals surface area contributed by atoms with E-state index >= 15 is 0 Å². The highest BCUT2D eigenvalue weighted by atomic mass is 16.5. The summed E-state index contributed by atoms with van der Waals surface area (Å²) in [6, 6.07) is 64.2. The lowest BCUT2D eigenvalue weighted by molar-refractivity contribution is 0.483. The lowest BCUT2D eigenvalue weighted by Gasteiger charge is -2.10. The molecule has 266 valence electrons. The topological polar surface area (TPSA) is 58.9 Å². The Morgan fingerprint density at radius 2 is 1.18 bits per heavy atom. The van der Waals surface area contributed by atoms with Crippen LogP contribution in [0.5, 0.6) is 11.5 Å². The summed E-state index contributed by atoms with van der Waals surface area (Å²) in [6.07, 6.45) is 5.31. The van der Waals surface area contributed by atoms with Crippen LogP contribution >= 0.6 is 0 Å². The third-order valence-corrected chi connectivity index (χ3v) is 10.5. The summed E-state index contributed by atoms with van der Waals surface area (Å²) in [5.41, 5.74) is 11.8. The Bertz CT molecular complexity index is 3180. The summed E-state index contributed by atoms with van der Waals surface area (Å²) in [7, 11) is 0. The molecule has 7 nitrogen and oxygen atoms in total. The molecule has 7 heteroatoms. The molecule has 57 heavy (non-hydrogen) atoms. The van der Waals surface area contributed by atoms with Gasteiger partial charge in [-0.25, -0.2) is 9.97 Å². The van der Waals surface area contributed by atoms with E-state index in [2.05, 4.69) is 141 Å². The highest BCUT2D eigenvalue weighted by molar-refractivity contribution is 6.09. The van der Waals surface area contributed by atoms with Gasteiger partial charge in [-0.05, 0) is 74.9 Å². The van der Waals surface area contributed by atoms with Gasteiger partial charge in [0.2, 0.25) is 11.4 Å². The Balaban J connectivity index is 1.09. The molecule has 0 bridgehead atoms. The fraction of sp³-hybridized carbons (Fsp3) is 0. The van der Waals surface area contributed by atoms with Crippen LogP contribution in [0.25, 0.3) is 60.9 Å². The van der Waals surface area contributed by atoms with Crippen LogP contribution in [0.2, 0.25) is 0 Å². The maximum atomic E-state index is 6.67. The molecule has 10 aromatic rings. The molecule has 1 aliphatic heterocycles. The van der Waals surface area contributed by atoms with Gasteiger partial charge in [0.1, 0.15) is 17.3 Å². The van der Waals surface area contributed by atoms with Gasteiger partial charge in [0.05, 0.1) is 33.7 Å². The van der Waals surface area contributed by atoms with Gasteiger partial charge in [-0.1, -0.05) is 97.1 Å². The zero-order valence-corrected chi connectivity index (χ0v) is 30.6. The Labute approximate surface area is 328 Å². The van der Waals surface area contributed by atoms with Crippen molar-refractivity contribution in [1.82, 2.24) is 28.7 Å². The molecule has 0 aliphatic carbocycles. The average Bonchev–Trinajstić information content (AvgIpc) is 3.83. The van der Waals surface area contributed by atoms with E-state index in [4.69, 9.17) is 19.7 Å². The summed E-state index contributed by atoms with van der Waals surface area (Å²) in [6.45, 7) is 0. The maximum Gasteiger partial charge on any atom is 0.503 e. The van der Waals surface area contributed by atoms with Crippen molar-refractivity contribution in [2.75, 3.05) is 0 Å². The largest absolute Gasteiger partial charge is 0.503 e. The van der Waals surface area contributed by atoms with Gasteiger partial charge < -0.3 is 4.74 Å². The highest BCUT2D eigenvalue weighted by Crippen LogP contribution is 2.46. The molecule has 0 amide bonds. The zero-order valence-electron chi connectivity index (χ0n) is 30.6. The van der Waals surface area contributed by atoms with Crippen LogP contribution in [-0.2, 0) is 0 Å². The molecule has 1 aliphatic rings. The number of fused-ring (bicyclic) bond motifs is 6. The first kappa shape index (κ1) is 32.4. The second-order valence-electron chi connectivity index (χ2n) is 13.9. The van der Waals surface area contributed by atoms with E-state index in [-0.39, 0.29) is 0 Å². The number of para-hydroxylation sites is 2. The number of ether oxygens (including phenoxy) is 1. The molecule has 0 unspecified atom stereocenters. The number of pyridine rings is 1. The first-order valence-corrected chi connectivity index (χ1v) is 18.9. The number of benzene rings is 7. The van der Waals surface area contributed by atoms with E-state index in [1.807, 2.05) is 60.8 Å². The van der Waals surface area contributed by atoms with E-state index in [0.29, 0.717) is 5.75 Å². The van der Waals surface area contributed by atoms with E-state index in [9.17, 15) is 0 Å². The van der Waals surface area contributed by atoms with Crippen molar-refractivity contribution in [3.05, 3.63) is 195 Å². The Kier molecular flexibility index (Phi) is 7.62. The number of hydrogen-bond donors (Lipinski definition) is 0. The highest BCUT2D eigenvalue weighted by Gasteiger charge is 2.42. The minimum atomic E-state index is 0.699. The monoisotopic (exact) mass is 732 g/mol. The van der Waals surface area contributed by atoms with Gasteiger partial charge in [0, 0.05) is 47.6 Å². The number of rotatable bonds is 7. The van der Waals surface area contributed by atoms with Crippen molar-refractivity contribution in [2.24, 2.45) is 0 Å². The second kappa shape index (κ2) is 13.4. The van der Waals surface area contributed by atoms with Crippen molar-refractivity contribution < 1.29 is 4.74 Å². The Morgan fingerprint density at radius 1 is 0.474 bits per heavy atom. The first-order valence-electron chi connectivity index (χ1n) is 18.9. The minimum absolute atomic E-state index is 0.699. The predicted molar refractivity (Wildman–Crippen MR) is 230 cm³/mol. The zero-order chi connectivity index (χ0) is 37.7. The van der Waals surface area contributed by atoms with Crippen LogP contribution in [0.15, 0.2) is 195 Å². The maximum absolute atomic E-state index is 6.67. The minimum Gasteiger partial charge on any atom is -0.457 e. The fourth-order valence-electron chi connectivity index (χ4n) is 8.03. The molecule has 0 atom stereocenters. The lowest BCUT2D eigenvalue weighted by atomic mass is 9.95. The van der Waals surface area contributed by atoms with Crippen LogP contribution in [0.3, 0.4) is 0 Å². The molecule has 0 saturated heterocycles. The predicted octanol–water partition coefficient (Wildman–Crippen LogP) is 12.1. The lowest BCUT2D eigenvalue weighted by Crippen LogP contribution is -2.05. The van der Waals surface area contributed by atoms with Crippen LogP contribution in [0, 0.1) is 0 Å². The van der Waals surface area contributed by atoms with Crippen molar-refractivity contribution in [3.63, 3.8) is 0 Å². The summed E-state index contributed by atoms with van der Waals surface area (Å²) in [4.78, 5) is 14.3. The molecule has 0 fully saturated rings. The molecule has 0 N–H and O–H groups in total. The van der Waals surface area contributed by atoms with Gasteiger partial charge in [0.15, 0.2) is 5.52 Å². The van der Waals surface area contributed by atoms with E-state index in [0.717, 1.165) is 89.4 Å². The molecule has 0 spiro atoms. The number of hydrogen-bond acceptors (Lipinski definition) is 4. The Morgan fingerprint density at radius 3 is 1.96 bits per heavy atom. The third kappa shape index (κ3) is 5.49. The van der Waals surface area contributed by atoms with Crippen molar-refractivity contribution in [3.8, 4) is 39.6 Å². The second-order valence-corrected chi connectivity index (χ2v) is 13.9. The van der Waals surface area contributed by atoms with E-state index < -0.39 is 0 Å². The van der Waals surface area contributed by atoms with Crippen molar-refractivity contribution >= 4 is 61.6 Å². The van der Waals surface area contributed by atoms with Gasteiger partial charge >= 0.3 is 17.4 Å². The molecule has 0 radical (unpaired) electrons. The standard InChI is InChI=1S/C50H32N6O/c1-3-13-34(14-4-1)39-20-12-21-40(35-15-5-2-6-16-35)49(39)55-33-54(45-27-26-43-48(50(45)55)53-30-29-51-43)36-17-11-18-37(31-36)57-38-24-25-42-41-19-7-8-22-44(41)56(46(42)32-38)47-23-9-10-28-52-47/h1-32H/q+2. The van der Waals surface area contributed by atoms with Crippen molar-refractivity contribution in [1.29, 1.82) is 0 Å². The van der Waals surface area contributed by atoms with Crippen LogP contribution in [0.4, 0.5) is 22.7 Å². The van der Waals surface area contributed by atoms with Gasteiger partial charge in [-0.15, -0.1) is 0 Å². The quantitative estimate of drug-likeness (QED) is 0.153. The molecule has 4 heterocycles. The molecule has 11 rings (SSSR count). The smallest absolute Gasteiger partial charge is 0.457 e. The number of aromatic nitrogens is 4. The molecule has 3 aromatic heterocycles. The molecule has 7 aromatic carbocycles. The molecular formula is C50H32N6O+2. The normalized spacial score (nSPS) is 12.1. The van der Waals surface area contributed by atoms with Gasteiger partial charge in [-0.2, -0.15) is 0 Å². The van der Waals surface area contributed by atoms with Crippen molar-refractivity contribution in [2.45, 2.75) is 0 Å². The summed E-state index contributed by atoms with van der Waals surface area (Å²) in [5.74, 6) is 2.28. The van der Waals surface area contributed by atoms with Crippen LogP contribution in [0.1, 0.15) is 0 Å². The summed E-state index contributed by atoms with van der Waals surface area (Å²) in [5, 5.41) is 2.30. The number of nitrogens with zero attached hydrogens (tertiary/aromatic N) is 6. The van der Waals surface area contributed by atoms with Crippen LogP contribution < -0.4 is 13.9 Å². The summed E-state index contributed by atoms with van der Waals surface area (Å²) >= 11 is 0. The summed E-state index contributed by atoms with van der Waals surface area (Å²) < 4.78 is 13.1.